The molecule has 0 unspecified atom stereocenters. The molecular weight excluding hydrogens is 324 g/mol. The summed E-state index contributed by atoms with van der Waals surface area (Å²) in [6, 6.07) is 12.1. The molecule has 0 aliphatic rings. The van der Waals surface area contributed by atoms with Crippen LogP contribution in [-0.4, -0.2) is 32.6 Å². The standard InChI is InChI=1S/C18H20N2O5/c1-12-8-9-15(16(10-12)24-3)25-11-17(21)19-20-18(22)13-6-4-5-7-14(13)23-2/h4-10H,11H2,1-3H3,(H,19,21)(H,20,22). The SMILES string of the molecule is COc1cc(C)ccc1OCC(=O)NNC(=O)c1ccccc1OC. The van der Waals surface area contributed by atoms with Crippen molar-refractivity contribution < 1.29 is 23.8 Å². The zero-order valence-corrected chi connectivity index (χ0v) is 14.3. The minimum absolute atomic E-state index is 0.272. The normalized spacial score (nSPS) is 9.88. The fraction of sp³-hybridized carbons (Fsp3) is 0.222. The zero-order chi connectivity index (χ0) is 18.2. The third kappa shape index (κ3) is 4.87. The molecule has 0 bridgehead atoms. The zero-order valence-electron chi connectivity index (χ0n) is 14.3. The second kappa shape index (κ2) is 8.58. The molecular formula is C18H20N2O5. The molecule has 0 fully saturated rings. The molecule has 0 atom stereocenters. The molecule has 2 amide bonds. The van der Waals surface area contributed by atoms with Gasteiger partial charge in [-0.1, -0.05) is 18.2 Å². The van der Waals surface area contributed by atoms with E-state index in [-0.39, 0.29) is 6.61 Å². The molecule has 0 aliphatic carbocycles. The molecule has 0 saturated heterocycles. The quantitative estimate of drug-likeness (QED) is 0.781. The van der Waals surface area contributed by atoms with E-state index in [9.17, 15) is 9.59 Å². The van der Waals surface area contributed by atoms with Gasteiger partial charge in [-0.25, -0.2) is 0 Å². The highest BCUT2D eigenvalue weighted by Crippen LogP contribution is 2.27. The molecule has 0 aliphatic heterocycles. The topological polar surface area (TPSA) is 85.9 Å². The number of nitrogens with one attached hydrogen (secondary N) is 2. The first-order valence-electron chi connectivity index (χ1n) is 7.54. The summed E-state index contributed by atoms with van der Waals surface area (Å²) in [5.41, 5.74) is 5.93. The number of para-hydroxylation sites is 1. The maximum Gasteiger partial charge on any atom is 0.276 e. The molecule has 7 heteroatoms. The first-order valence-corrected chi connectivity index (χ1v) is 7.54. The Kier molecular flexibility index (Phi) is 6.22. The maximum absolute atomic E-state index is 12.1. The van der Waals surface area contributed by atoms with Gasteiger partial charge in [0.25, 0.3) is 11.8 Å². The number of benzene rings is 2. The minimum Gasteiger partial charge on any atom is -0.496 e. The number of carbonyl (C=O) groups excluding carboxylic acids is 2. The number of ether oxygens (including phenoxy) is 3. The van der Waals surface area contributed by atoms with Crippen LogP contribution in [0.4, 0.5) is 0 Å². The van der Waals surface area contributed by atoms with Gasteiger partial charge in [-0.2, -0.15) is 0 Å². The van der Waals surface area contributed by atoms with Crippen molar-refractivity contribution in [2.45, 2.75) is 6.92 Å². The van der Waals surface area contributed by atoms with Gasteiger partial charge < -0.3 is 14.2 Å². The van der Waals surface area contributed by atoms with E-state index < -0.39 is 11.8 Å². The predicted octanol–water partition coefficient (Wildman–Crippen LogP) is 1.85. The first kappa shape index (κ1) is 18.1. The van der Waals surface area contributed by atoms with Gasteiger partial charge in [-0.3, -0.25) is 20.4 Å². The molecule has 0 spiro atoms. The summed E-state index contributed by atoms with van der Waals surface area (Å²) >= 11 is 0. The van der Waals surface area contributed by atoms with Crippen molar-refractivity contribution >= 4 is 11.8 Å². The third-order valence-corrected chi connectivity index (χ3v) is 3.34. The Bertz CT molecular complexity index is 761. The summed E-state index contributed by atoms with van der Waals surface area (Å²) < 4.78 is 15.7. The molecule has 2 N–H and O–H groups in total. The van der Waals surface area contributed by atoms with Crippen LogP contribution >= 0.6 is 0 Å². The molecule has 2 aromatic carbocycles. The van der Waals surface area contributed by atoms with E-state index in [0.29, 0.717) is 22.8 Å². The average Bonchev–Trinajstić information content (AvgIpc) is 2.64. The van der Waals surface area contributed by atoms with E-state index in [4.69, 9.17) is 14.2 Å². The predicted molar refractivity (Wildman–Crippen MR) is 91.8 cm³/mol. The van der Waals surface area contributed by atoms with Crippen LogP contribution < -0.4 is 25.1 Å². The molecule has 0 saturated carbocycles. The van der Waals surface area contributed by atoms with Crippen LogP contribution in [0.5, 0.6) is 17.2 Å². The Morgan fingerprint density at radius 2 is 1.64 bits per heavy atom. The van der Waals surface area contributed by atoms with Gasteiger partial charge in [-0.05, 0) is 36.8 Å². The van der Waals surface area contributed by atoms with Crippen LogP contribution in [-0.2, 0) is 4.79 Å². The minimum atomic E-state index is -0.508. The summed E-state index contributed by atoms with van der Waals surface area (Å²) in [6.07, 6.45) is 0. The van der Waals surface area contributed by atoms with Crippen molar-refractivity contribution in [1.29, 1.82) is 0 Å². The molecule has 0 aromatic heterocycles. The molecule has 7 nitrogen and oxygen atoms in total. The Labute approximate surface area is 145 Å². The smallest absolute Gasteiger partial charge is 0.276 e. The number of hydrogen-bond acceptors (Lipinski definition) is 5. The van der Waals surface area contributed by atoms with Crippen molar-refractivity contribution in [3.8, 4) is 17.2 Å². The van der Waals surface area contributed by atoms with Crippen molar-refractivity contribution in [2.24, 2.45) is 0 Å². The maximum atomic E-state index is 12.1. The van der Waals surface area contributed by atoms with E-state index in [1.807, 2.05) is 13.0 Å². The lowest BCUT2D eigenvalue weighted by molar-refractivity contribution is -0.123. The summed E-state index contributed by atoms with van der Waals surface area (Å²) in [5.74, 6) is 0.393. The van der Waals surface area contributed by atoms with Crippen LogP contribution in [0.25, 0.3) is 0 Å². The third-order valence-electron chi connectivity index (χ3n) is 3.34. The van der Waals surface area contributed by atoms with Crippen LogP contribution in [0.1, 0.15) is 15.9 Å². The van der Waals surface area contributed by atoms with Gasteiger partial charge in [0.05, 0.1) is 19.8 Å². The van der Waals surface area contributed by atoms with Crippen LogP contribution in [0.15, 0.2) is 42.5 Å². The highest BCUT2D eigenvalue weighted by Gasteiger charge is 2.13. The number of carbonyl (C=O) groups is 2. The largest absolute Gasteiger partial charge is 0.496 e. The lowest BCUT2D eigenvalue weighted by atomic mass is 10.2. The number of hydrazine groups is 1. The van der Waals surface area contributed by atoms with E-state index >= 15 is 0 Å². The van der Waals surface area contributed by atoms with Crippen molar-refractivity contribution in [1.82, 2.24) is 10.9 Å². The fourth-order valence-corrected chi connectivity index (χ4v) is 2.10. The highest BCUT2D eigenvalue weighted by molar-refractivity contribution is 5.97. The summed E-state index contributed by atoms with van der Waals surface area (Å²) in [4.78, 5) is 23.9. The van der Waals surface area contributed by atoms with Crippen LogP contribution in [0, 0.1) is 6.92 Å². The molecule has 132 valence electrons. The Balaban J connectivity index is 1.88. The summed E-state index contributed by atoms with van der Waals surface area (Å²) in [5, 5.41) is 0. The number of hydrogen-bond donors (Lipinski definition) is 2. The van der Waals surface area contributed by atoms with Gasteiger partial charge in [0, 0.05) is 0 Å². The molecule has 2 aromatic rings. The Morgan fingerprint density at radius 3 is 2.36 bits per heavy atom. The van der Waals surface area contributed by atoms with Crippen LogP contribution in [0.3, 0.4) is 0 Å². The van der Waals surface area contributed by atoms with Gasteiger partial charge >= 0.3 is 0 Å². The van der Waals surface area contributed by atoms with E-state index in [0.717, 1.165) is 5.56 Å². The first-order chi connectivity index (χ1) is 12.0. The van der Waals surface area contributed by atoms with E-state index in [1.54, 1.807) is 36.4 Å². The second-order valence-electron chi connectivity index (χ2n) is 5.15. The van der Waals surface area contributed by atoms with Gasteiger partial charge in [0.2, 0.25) is 0 Å². The monoisotopic (exact) mass is 344 g/mol. The van der Waals surface area contributed by atoms with Gasteiger partial charge in [0.1, 0.15) is 5.75 Å². The summed E-state index contributed by atoms with van der Waals surface area (Å²) in [7, 11) is 2.99. The Hall–Kier alpha value is -3.22. The molecule has 25 heavy (non-hydrogen) atoms. The number of amides is 2. The number of methoxy groups -OCH3 is 2. The Morgan fingerprint density at radius 1 is 0.920 bits per heavy atom. The highest BCUT2D eigenvalue weighted by atomic mass is 16.5. The molecule has 0 radical (unpaired) electrons. The number of aryl methyl sites for hydroxylation is 1. The number of rotatable bonds is 6. The fourth-order valence-electron chi connectivity index (χ4n) is 2.10. The molecule has 0 heterocycles. The van der Waals surface area contributed by atoms with Crippen molar-refractivity contribution in [3.05, 3.63) is 53.6 Å². The van der Waals surface area contributed by atoms with Crippen molar-refractivity contribution in [3.63, 3.8) is 0 Å². The van der Waals surface area contributed by atoms with E-state index in [2.05, 4.69) is 10.9 Å². The van der Waals surface area contributed by atoms with Gasteiger partial charge in [-0.15, -0.1) is 0 Å². The van der Waals surface area contributed by atoms with Crippen LogP contribution in [0.2, 0.25) is 0 Å². The van der Waals surface area contributed by atoms with Crippen molar-refractivity contribution in [2.75, 3.05) is 20.8 Å². The average molecular weight is 344 g/mol. The lowest BCUT2D eigenvalue weighted by Gasteiger charge is -2.12. The molecule has 2 rings (SSSR count). The second-order valence-corrected chi connectivity index (χ2v) is 5.15. The summed E-state index contributed by atoms with van der Waals surface area (Å²) in [6.45, 7) is 1.65. The van der Waals surface area contributed by atoms with Gasteiger partial charge in [0.15, 0.2) is 18.1 Å². The van der Waals surface area contributed by atoms with E-state index in [1.165, 1.54) is 14.2 Å². The lowest BCUT2D eigenvalue weighted by Crippen LogP contribution is -2.43.